The van der Waals surface area contributed by atoms with Crippen molar-refractivity contribution in [1.29, 1.82) is 0 Å². The molecule has 0 unspecified atom stereocenters. The van der Waals surface area contributed by atoms with E-state index in [1.807, 2.05) is 24.3 Å². The van der Waals surface area contributed by atoms with Crippen LogP contribution >= 0.6 is 0 Å². The summed E-state index contributed by atoms with van der Waals surface area (Å²) in [6.45, 7) is 6.27. The highest BCUT2D eigenvalue weighted by Crippen LogP contribution is 2.30. The van der Waals surface area contributed by atoms with Crippen molar-refractivity contribution in [2.45, 2.75) is 26.2 Å². The van der Waals surface area contributed by atoms with Crippen LogP contribution in [0.15, 0.2) is 42.5 Å². The van der Waals surface area contributed by atoms with Crippen LogP contribution < -0.4 is 15.4 Å². The molecule has 1 amide bonds. The summed E-state index contributed by atoms with van der Waals surface area (Å²) in [5.74, 6) is -0.0195. The summed E-state index contributed by atoms with van der Waals surface area (Å²) < 4.78 is 4.99. The number of ether oxygens (including phenoxy) is 1. The molecule has 2 aromatic rings. The molecule has 2 aromatic carbocycles. The van der Waals surface area contributed by atoms with E-state index in [9.17, 15) is 14.9 Å². The smallest absolute Gasteiger partial charge is 0.296 e. The summed E-state index contributed by atoms with van der Waals surface area (Å²) in [5.41, 5.74) is 1.79. The third-order valence-electron chi connectivity index (χ3n) is 3.85. The number of nitrogens with zero attached hydrogens (tertiary/aromatic N) is 1. The lowest BCUT2D eigenvalue weighted by molar-refractivity contribution is -0.384. The molecule has 0 aliphatic heterocycles. The van der Waals surface area contributed by atoms with E-state index in [4.69, 9.17) is 4.74 Å². The summed E-state index contributed by atoms with van der Waals surface area (Å²) in [6.07, 6.45) is 0. The molecule has 0 radical (unpaired) electrons. The maximum absolute atomic E-state index is 12.2. The van der Waals surface area contributed by atoms with E-state index >= 15 is 0 Å². The first-order valence-electron chi connectivity index (χ1n) is 8.18. The number of nitrogens with one attached hydrogen (secondary N) is 2. The Morgan fingerprint density at radius 2 is 1.85 bits per heavy atom. The first kappa shape index (κ1) is 19.2. The minimum absolute atomic E-state index is 0.00369. The van der Waals surface area contributed by atoms with Gasteiger partial charge in [0.1, 0.15) is 11.4 Å². The van der Waals surface area contributed by atoms with E-state index in [1.54, 1.807) is 6.07 Å². The van der Waals surface area contributed by atoms with E-state index in [2.05, 4.69) is 31.4 Å². The van der Waals surface area contributed by atoms with Crippen LogP contribution in [0.2, 0.25) is 0 Å². The SMILES string of the molecule is COc1ccc(NC(=O)CNc2ccccc2C(C)(C)C)c([N+](=O)[O-])c1. The molecule has 0 saturated carbocycles. The number of benzene rings is 2. The molecule has 0 bridgehead atoms. The lowest BCUT2D eigenvalue weighted by Crippen LogP contribution is -2.24. The Hall–Kier alpha value is -3.09. The van der Waals surface area contributed by atoms with Gasteiger partial charge in [0, 0.05) is 5.69 Å². The Kier molecular flexibility index (Phi) is 5.82. The molecule has 7 nitrogen and oxygen atoms in total. The molecule has 138 valence electrons. The number of nitro benzene ring substituents is 1. The fourth-order valence-corrected chi connectivity index (χ4v) is 2.56. The summed E-state index contributed by atoms with van der Waals surface area (Å²) in [7, 11) is 1.42. The van der Waals surface area contributed by atoms with E-state index in [0.29, 0.717) is 5.75 Å². The number of para-hydroxylation sites is 1. The number of carbonyl (C=O) groups excluding carboxylic acids is 1. The van der Waals surface area contributed by atoms with Crippen LogP contribution in [0.3, 0.4) is 0 Å². The van der Waals surface area contributed by atoms with Gasteiger partial charge >= 0.3 is 0 Å². The van der Waals surface area contributed by atoms with Gasteiger partial charge in [-0.15, -0.1) is 0 Å². The van der Waals surface area contributed by atoms with Crippen LogP contribution in [0.25, 0.3) is 0 Å². The van der Waals surface area contributed by atoms with Crippen molar-refractivity contribution in [3.05, 3.63) is 58.1 Å². The van der Waals surface area contributed by atoms with Gasteiger partial charge in [0.2, 0.25) is 5.91 Å². The molecule has 0 spiro atoms. The zero-order chi connectivity index (χ0) is 19.3. The number of anilines is 2. The fraction of sp³-hybridized carbons (Fsp3) is 0.316. The largest absolute Gasteiger partial charge is 0.496 e. The van der Waals surface area contributed by atoms with Crippen LogP contribution in [0.5, 0.6) is 5.75 Å². The second kappa shape index (κ2) is 7.86. The Labute approximate surface area is 152 Å². The van der Waals surface area contributed by atoms with Crippen LogP contribution in [0, 0.1) is 10.1 Å². The molecular weight excluding hydrogens is 334 g/mol. The van der Waals surface area contributed by atoms with Crippen LogP contribution in [0.1, 0.15) is 26.3 Å². The van der Waals surface area contributed by atoms with Crippen molar-refractivity contribution < 1.29 is 14.5 Å². The molecule has 26 heavy (non-hydrogen) atoms. The molecule has 0 fully saturated rings. The molecule has 0 heterocycles. The monoisotopic (exact) mass is 357 g/mol. The normalized spacial score (nSPS) is 10.9. The highest BCUT2D eigenvalue weighted by Gasteiger charge is 2.19. The number of hydrogen-bond donors (Lipinski definition) is 2. The number of methoxy groups -OCH3 is 1. The Morgan fingerprint density at radius 3 is 2.46 bits per heavy atom. The van der Waals surface area contributed by atoms with Crippen molar-refractivity contribution in [2.75, 3.05) is 24.3 Å². The lowest BCUT2D eigenvalue weighted by Gasteiger charge is -2.23. The van der Waals surface area contributed by atoms with Gasteiger partial charge in [-0.05, 0) is 29.2 Å². The molecule has 0 aromatic heterocycles. The van der Waals surface area contributed by atoms with Gasteiger partial charge in [-0.25, -0.2) is 0 Å². The molecule has 7 heteroatoms. The quantitative estimate of drug-likeness (QED) is 0.603. The van der Waals surface area contributed by atoms with Gasteiger partial charge in [-0.3, -0.25) is 14.9 Å². The summed E-state index contributed by atoms with van der Waals surface area (Å²) >= 11 is 0. The summed E-state index contributed by atoms with van der Waals surface area (Å²) in [4.78, 5) is 22.9. The summed E-state index contributed by atoms with van der Waals surface area (Å²) in [5, 5.41) is 16.9. The van der Waals surface area contributed by atoms with E-state index in [0.717, 1.165) is 11.3 Å². The van der Waals surface area contributed by atoms with Crippen molar-refractivity contribution >= 4 is 23.0 Å². The third-order valence-corrected chi connectivity index (χ3v) is 3.85. The molecule has 0 aliphatic rings. The van der Waals surface area contributed by atoms with Gasteiger partial charge in [-0.1, -0.05) is 39.0 Å². The molecule has 2 N–H and O–H groups in total. The van der Waals surface area contributed by atoms with E-state index in [1.165, 1.54) is 19.2 Å². The van der Waals surface area contributed by atoms with Crippen LogP contribution in [-0.4, -0.2) is 24.5 Å². The Morgan fingerprint density at radius 1 is 1.15 bits per heavy atom. The zero-order valence-corrected chi connectivity index (χ0v) is 15.3. The first-order valence-corrected chi connectivity index (χ1v) is 8.18. The van der Waals surface area contributed by atoms with E-state index in [-0.39, 0.29) is 29.2 Å². The highest BCUT2D eigenvalue weighted by molar-refractivity contribution is 5.96. The van der Waals surface area contributed by atoms with Crippen molar-refractivity contribution in [2.24, 2.45) is 0 Å². The van der Waals surface area contributed by atoms with Crippen LogP contribution in [0.4, 0.5) is 17.1 Å². The number of nitro groups is 1. The fourth-order valence-electron chi connectivity index (χ4n) is 2.56. The number of carbonyl (C=O) groups is 1. The van der Waals surface area contributed by atoms with Crippen molar-refractivity contribution in [3.63, 3.8) is 0 Å². The minimum Gasteiger partial charge on any atom is -0.496 e. The zero-order valence-electron chi connectivity index (χ0n) is 15.3. The molecule has 0 saturated heterocycles. The predicted octanol–water partition coefficient (Wildman–Crippen LogP) is 3.95. The Balaban J connectivity index is 2.10. The molecule has 2 rings (SSSR count). The van der Waals surface area contributed by atoms with Gasteiger partial charge < -0.3 is 15.4 Å². The van der Waals surface area contributed by atoms with Gasteiger partial charge in [0.05, 0.1) is 24.6 Å². The van der Waals surface area contributed by atoms with Crippen LogP contribution in [-0.2, 0) is 10.2 Å². The highest BCUT2D eigenvalue weighted by atomic mass is 16.6. The number of hydrogen-bond acceptors (Lipinski definition) is 5. The van der Waals surface area contributed by atoms with Gasteiger partial charge in [-0.2, -0.15) is 0 Å². The van der Waals surface area contributed by atoms with Gasteiger partial charge in [0.25, 0.3) is 5.69 Å². The van der Waals surface area contributed by atoms with Crippen molar-refractivity contribution in [3.8, 4) is 5.75 Å². The van der Waals surface area contributed by atoms with Gasteiger partial charge in [0.15, 0.2) is 0 Å². The maximum Gasteiger partial charge on any atom is 0.296 e. The topological polar surface area (TPSA) is 93.5 Å². The Bertz CT molecular complexity index is 813. The average molecular weight is 357 g/mol. The predicted molar refractivity (Wildman–Crippen MR) is 102 cm³/mol. The van der Waals surface area contributed by atoms with Crippen molar-refractivity contribution in [1.82, 2.24) is 0 Å². The maximum atomic E-state index is 12.2. The second-order valence-corrected chi connectivity index (χ2v) is 6.84. The number of amides is 1. The first-order chi connectivity index (χ1) is 12.2. The molecular formula is C19H23N3O4. The van der Waals surface area contributed by atoms with E-state index < -0.39 is 4.92 Å². The average Bonchev–Trinajstić information content (AvgIpc) is 2.59. The minimum atomic E-state index is -0.555. The summed E-state index contributed by atoms with van der Waals surface area (Å²) in [6, 6.07) is 12.1. The lowest BCUT2D eigenvalue weighted by atomic mass is 9.86. The standard InChI is InChI=1S/C19H23N3O4/c1-19(2,3)14-7-5-6-8-15(14)20-12-18(23)21-16-10-9-13(26-4)11-17(16)22(24)25/h5-11,20H,12H2,1-4H3,(H,21,23). The number of rotatable bonds is 6. The molecule has 0 atom stereocenters. The second-order valence-electron chi connectivity index (χ2n) is 6.84. The molecule has 0 aliphatic carbocycles. The third kappa shape index (κ3) is 4.72.